The maximum absolute atomic E-state index is 5.89. The predicted molar refractivity (Wildman–Crippen MR) is 85.3 cm³/mol. The summed E-state index contributed by atoms with van der Waals surface area (Å²) in [5, 5.41) is 4.62. The van der Waals surface area contributed by atoms with Crippen LogP contribution in [0.4, 0.5) is 5.00 Å². The first-order valence-corrected chi connectivity index (χ1v) is 8.14. The van der Waals surface area contributed by atoms with E-state index in [9.17, 15) is 0 Å². The molecule has 108 valence electrons. The Morgan fingerprint density at radius 3 is 2.81 bits per heavy atom. The number of aromatic nitrogens is 3. The molecule has 0 bridgehead atoms. The van der Waals surface area contributed by atoms with E-state index in [2.05, 4.69) is 33.6 Å². The van der Waals surface area contributed by atoms with E-state index in [1.807, 2.05) is 19.1 Å². The van der Waals surface area contributed by atoms with Crippen LogP contribution in [0.15, 0.2) is 33.7 Å². The molecule has 0 aliphatic rings. The summed E-state index contributed by atoms with van der Waals surface area (Å²) in [4.78, 5) is 5.63. The van der Waals surface area contributed by atoms with E-state index in [0.29, 0.717) is 22.5 Å². The van der Waals surface area contributed by atoms with Crippen LogP contribution >= 0.6 is 23.3 Å². The molecule has 0 atom stereocenters. The summed E-state index contributed by atoms with van der Waals surface area (Å²) >= 11 is 2.93. The second-order valence-corrected chi connectivity index (χ2v) is 6.40. The Hall–Kier alpha value is -1.86. The van der Waals surface area contributed by atoms with Crippen LogP contribution in [-0.4, -0.2) is 14.5 Å². The van der Waals surface area contributed by atoms with Crippen LogP contribution in [0.1, 0.15) is 17.1 Å². The fourth-order valence-electron chi connectivity index (χ4n) is 1.92. The van der Waals surface area contributed by atoms with E-state index in [0.717, 1.165) is 11.3 Å². The van der Waals surface area contributed by atoms with Gasteiger partial charge in [-0.25, -0.2) is 0 Å². The maximum Gasteiger partial charge on any atom is 0.262 e. The number of anilines is 1. The summed E-state index contributed by atoms with van der Waals surface area (Å²) in [6.45, 7) is 3.97. The molecule has 0 spiro atoms. The summed E-state index contributed by atoms with van der Waals surface area (Å²) in [6, 6.07) is 8.23. The predicted octanol–water partition coefficient (Wildman–Crippen LogP) is 3.68. The van der Waals surface area contributed by atoms with Gasteiger partial charge in [0.1, 0.15) is 5.00 Å². The Morgan fingerprint density at radius 2 is 2.10 bits per heavy atom. The lowest BCUT2D eigenvalue weighted by Crippen LogP contribution is -1.88. The second-order valence-electron chi connectivity index (χ2n) is 4.58. The van der Waals surface area contributed by atoms with Crippen molar-refractivity contribution >= 4 is 28.3 Å². The summed E-state index contributed by atoms with van der Waals surface area (Å²) < 4.78 is 9.49. The molecule has 0 saturated heterocycles. The van der Waals surface area contributed by atoms with Crippen LogP contribution in [-0.2, 0) is 5.75 Å². The molecule has 3 aromatic rings. The third-order valence-electron chi connectivity index (χ3n) is 3.02. The Labute approximate surface area is 130 Å². The summed E-state index contributed by atoms with van der Waals surface area (Å²) in [5.74, 6) is 1.76. The zero-order chi connectivity index (χ0) is 14.8. The summed E-state index contributed by atoms with van der Waals surface area (Å²) in [7, 11) is 0. The zero-order valence-corrected chi connectivity index (χ0v) is 13.3. The SMILES string of the molecule is Cc1ccccc1SCc1noc(-c2c(C)nsc2N)n1. The fraction of sp³-hybridized carbons (Fsp3) is 0.214. The van der Waals surface area contributed by atoms with Crippen molar-refractivity contribution in [3.63, 3.8) is 0 Å². The molecule has 0 radical (unpaired) electrons. The molecular weight excluding hydrogens is 304 g/mol. The summed E-state index contributed by atoms with van der Waals surface area (Å²) in [6.07, 6.45) is 0. The van der Waals surface area contributed by atoms with Crippen molar-refractivity contribution in [1.29, 1.82) is 0 Å². The third kappa shape index (κ3) is 2.93. The quantitative estimate of drug-likeness (QED) is 0.739. The van der Waals surface area contributed by atoms with Crippen LogP contribution in [0, 0.1) is 13.8 Å². The van der Waals surface area contributed by atoms with Gasteiger partial charge in [-0.2, -0.15) is 9.36 Å². The Morgan fingerprint density at radius 1 is 1.29 bits per heavy atom. The number of nitrogens with zero attached hydrogens (tertiary/aromatic N) is 3. The number of benzene rings is 1. The van der Waals surface area contributed by atoms with Gasteiger partial charge in [-0.15, -0.1) is 11.8 Å². The molecule has 0 amide bonds. The molecule has 21 heavy (non-hydrogen) atoms. The lowest BCUT2D eigenvalue weighted by molar-refractivity contribution is 0.425. The number of aryl methyl sites for hydroxylation is 2. The van der Waals surface area contributed by atoms with Crippen molar-refractivity contribution in [1.82, 2.24) is 14.5 Å². The van der Waals surface area contributed by atoms with Gasteiger partial charge >= 0.3 is 0 Å². The number of nitrogen functional groups attached to an aromatic ring is 1. The highest BCUT2D eigenvalue weighted by molar-refractivity contribution is 7.98. The first-order valence-electron chi connectivity index (χ1n) is 6.38. The molecule has 7 heteroatoms. The van der Waals surface area contributed by atoms with E-state index in [1.165, 1.54) is 22.0 Å². The van der Waals surface area contributed by atoms with Gasteiger partial charge in [-0.3, -0.25) is 0 Å². The second kappa shape index (κ2) is 5.87. The van der Waals surface area contributed by atoms with Crippen molar-refractivity contribution in [3.05, 3.63) is 41.3 Å². The van der Waals surface area contributed by atoms with E-state index in [1.54, 1.807) is 11.8 Å². The first-order chi connectivity index (χ1) is 10.1. The van der Waals surface area contributed by atoms with E-state index in [4.69, 9.17) is 10.3 Å². The maximum atomic E-state index is 5.89. The van der Waals surface area contributed by atoms with Crippen LogP contribution in [0.5, 0.6) is 0 Å². The number of nitrogens with two attached hydrogens (primary N) is 1. The summed E-state index contributed by atoms with van der Waals surface area (Å²) in [5.41, 5.74) is 8.70. The highest BCUT2D eigenvalue weighted by Crippen LogP contribution is 2.32. The van der Waals surface area contributed by atoms with E-state index < -0.39 is 0 Å². The fourth-order valence-corrected chi connectivity index (χ4v) is 3.45. The average Bonchev–Trinajstić information content (AvgIpc) is 3.05. The Bertz CT molecular complexity index is 746. The molecule has 0 aliphatic heterocycles. The van der Waals surface area contributed by atoms with Gasteiger partial charge in [-0.05, 0) is 37.0 Å². The van der Waals surface area contributed by atoms with Gasteiger partial charge in [0, 0.05) is 4.90 Å². The lowest BCUT2D eigenvalue weighted by atomic mass is 10.2. The Balaban J connectivity index is 1.76. The molecule has 0 saturated carbocycles. The first kappa shape index (κ1) is 14.1. The van der Waals surface area contributed by atoms with Gasteiger partial charge in [0.05, 0.1) is 17.0 Å². The molecule has 1 aromatic carbocycles. The monoisotopic (exact) mass is 318 g/mol. The van der Waals surface area contributed by atoms with E-state index >= 15 is 0 Å². The standard InChI is InChI=1S/C14H14N4OS2/c1-8-5-3-4-6-10(8)20-7-11-16-14(19-17-11)12-9(2)18-21-13(12)15/h3-6H,7,15H2,1-2H3. The Kier molecular flexibility index (Phi) is 3.94. The average molecular weight is 318 g/mol. The number of hydrogen-bond donors (Lipinski definition) is 1. The van der Waals surface area contributed by atoms with Crippen LogP contribution in [0.2, 0.25) is 0 Å². The van der Waals surface area contributed by atoms with Gasteiger partial charge in [0.25, 0.3) is 5.89 Å². The normalized spacial score (nSPS) is 11.0. The van der Waals surface area contributed by atoms with E-state index in [-0.39, 0.29) is 0 Å². The molecule has 2 heterocycles. The molecular formula is C14H14N4OS2. The van der Waals surface area contributed by atoms with Gasteiger partial charge in [0.15, 0.2) is 5.82 Å². The molecule has 5 nitrogen and oxygen atoms in total. The molecule has 0 unspecified atom stereocenters. The van der Waals surface area contributed by atoms with Crippen molar-refractivity contribution in [2.45, 2.75) is 24.5 Å². The van der Waals surface area contributed by atoms with Crippen molar-refractivity contribution in [2.75, 3.05) is 5.73 Å². The zero-order valence-electron chi connectivity index (χ0n) is 11.7. The van der Waals surface area contributed by atoms with Crippen LogP contribution in [0.25, 0.3) is 11.5 Å². The minimum absolute atomic E-state index is 0.444. The van der Waals surface area contributed by atoms with Crippen LogP contribution in [0.3, 0.4) is 0 Å². The topological polar surface area (TPSA) is 77.8 Å². The highest BCUT2D eigenvalue weighted by atomic mass is 32.2. The number of thioether (sulfide) groups is 1. The molecule has 0 aliphatic carbocycles. The van der Waals surface area contributed by atoms with Gasteiger partial charge in [0.2, 0.25) is 0 Å². The molecule has 2 aromatic heterocycles. The molecule has 2 N–H and O–H groups in total. The van der Waals surface area contributed by atoms with Crippen molar-refractivity contribution in [3.8, 4) is 11.5 Å². The smallest absolute Gasteiger partial charge is 0.262 e. The lowest BCUT2D eigenvalue weighted by Gasteiger charge is -2.01. The minimum Gasteiger partial charge on any atom is -0.389 e. The highest BCUT2D eigenvalue weighted by Gasteiger charge is 2.17. The van der Waals surface area contributed by atoms with Gasteiger partial charge in [-0.1, -0.05) is 23.4 Å². The largest absolute Gasteiger partial charge is 0.389 e. The van der Waals surface area contributed by atoms with Crippen molar-refractivity contribution < 1.29 is 4.52 Å². The number of rotatable bonds is 4. The molecule has 3 rings (SSSR count). The van der Waals surface area contributed by atoms with Crippen molar-refractivity contribution in [2.24, 2.45) is 0 Å². The minimum atomic E-state index is 0.444. The molecule has 0 fully saturated rings. The van der Waals surface area contributed by atoms with Crippen LogP contribution < -0.4 is 5.73 Å². The third-order valence-corrected chi connectivity index (χ3v) is 4.96. The number of hydrogen-bond acceptors (Lipinski definition) is 7. The van der Waals surface area contributed by atoms with Gasteiger partial charge < -0.3 is 10.3 Å².